The Morgan fingerprint density at radius 3 is 2.54 bits per heavy atom. The highest BCUT2D eigenvalue weighted by molar-refractivity contribution is 8.00. The van der Waals surface area contributed by atoms with Crippen molar-refractivity contribution in [1.29, 1.82) is 0 Å². The molecule has 0 aliphatic carbocycles. The fourth-order valence-corrected chi connectivity index (χ4v) is 3.38. The van der Waals surface area contributed by atoms with Crippen LogP contribution in [0.3, 0.4) is 0 Å². The van der Waals surface area contributed by atoms with Crippen molar-refractivity contribution in [2.75, 3.05) is 5.32 Å². The Bertz CT molecular complexity index is 924. The molecule has 7 heteroatoms. The maximum atomic E-state index is 12.4. The van der Waals surface area contributed by atoms with E-state index in [0.717, 1.165) is 11.4 Å². The largest absolute Gasteiger partial charge is 0.324 e. The second-order valence-corrected chi connectivity index (χ2v) is 7.68. The van der Waals surface area contributed by atoms with Gasteiger partial charge in [-0.25, -0.2) is 0 Å². The van der Waals surface area contributed by atoms with Gasteiger partial charge in [0, 0.05) is 12.6 Å². The van der Waals surface area contributed by atoms with Crippen LogP contribution < -0.4 is 5.32 Å². The van der Waals surface area contributed by atoms with Crippen LogP contribution in [0.4, 0.5) is 5.69 Å². The number of rotatable bonds is 5. The first-order chi connectivity index (χ1) is 12.5. The van der Waals surface area contributed by atoms with E-state index < -0.39 is 0 Å². The van der Waals surface area contributed by atoms with E-state index in [1.165, 1.54) is 17.3 Å². The topological polar surface area (TPSA) is 59.8 Å². The number of carbonyl (C=O) groups excluding carboxylic acids is 1. The van der Waals surface area contributed by atoms with E-state index in [2.05, 4.69) is 15.5 Å². The fraction of sp³-hybridized carbons (Fsp3) is 0.211. The summed E-state index contributed by atoms with van der Waals surface area (Å²) in [7, 11) is 1.90. The zero-order valence-electron chi connectivity index (χ0n) is 14.7. The van der Waals surface area contributed by atoms with Gasteiger partial charge in [-0.1, -0.05) is 65.3 Å². The van der Waals surface area contributed by atoms with Gasteiger partial charge in [0.1, 0.15) is 0 Å². The van der Waals surface area contributed by atoms with Crippen molar-refractivity contribution >= 4 is 35.0 Å². The predicted octanol–water partition coefficient (Wildman–Crippen LogP) is 4.56. The molecule has 26 heavy (non-hydrogen) atoms. The van der Waals surface area contributed by atoms with Gasteiger partial charge in [-0.3, -0.25) is 4.79 Å². The van der Waals surface area contributed by atoms with E-state index >= 15 is 0 Å². The van der Waals surface area contributed by atoms with Crippen LogP contribution in [0, 0.1) is 6.92 Å². The molecule has 3 aromatic rings. The molecule has 1 amide bonds. The summed E-state index contributed by atoms with van der Waals surface area (Å²) in [6, 6.07) is 15.3. The first-order valence-corrected chi connectivity index (χ1v) is 9.40. The quantitative estimate of drug-likeness (QED) is 0.653. The number of nitrogens with one attached hydrogen (secondary N) is 1. The summed E-state index contributed by atoms with van der Waals surface area (Å²) in [6.07, 6.45) is 0. The normalized spacial score (nSPS) is 12.0. The van der Waals surface area contributed by atoms with E-state index in [-0.39, 0.29) is 11.2 Å². The molecule has 0 aliphatic rings. The van der Waals surface area contributed by atoms with E-state index in [0.29, 0.717) is 15.9 Å². The molecule has 1 aromatic heterocycles. The molecule has 1 N–H and O–H groups in total. The Balaban J connectivity index is 1.71. The molecular formula is C19H19ClN4OS. The summed E-state index contributed by atoms with van der Waals surface area (Å²) in [5.74, 6) is 0.634. The third kappa shape index (κ3) is 4.08. The van der Waals surface area contributed by atoms with Crippen LogP contribution in [-0.4, -0.2) is 25.9 Å². The van der Waals surface area contributed by atoms with Gasteiger partial charge in [-0.05, 0) is 26.0 Å². The molecule has 0 saturated heterocycles. The average Bonchev–Trinajstić information content (AvgIpc) is 2.98. The monoisotopic (exact) mass is 386 g/mol. The van der Waals surface area contributed by atoms with Crippen LogP contribution in [0.25, 0.3) is 11.4 Å². The minimum Gasteiger partial charge on any atom is -0.324 e. The number of hydrogen-bond acceptors (Lipinski definition) is 4. The Morgan fingerprint density at radius 2 is 1.85 bits per heavy atom. The number of aryl methyl sites for hydroxylation is 1. The van der Waals surface area contributed by atoms with Crippen molar-refractivity contribution in [3.8, 4) is 11.4 Å². The number of carbonyl (C=O) groups is 1. The lowest BCUT2D eigenvalue weighted by Crippen LogP contribution is -2.23. The molecule has 0 fully saturated rings. The summed E-state index contributed by atoms with van der Waals surface area (Å²) in [6.45, 7) is 3.87. The fourth-order valence-electron chi connectivity index (χ4n) is 2.38. The summed E-state index contributed by atoms with van der Waals surface area (Å²) in [5.41, 5.74) is 2.78. The standard InChI is InChI=1S/C19H19ClN4OS/c1-12-8-10-14(11-9-12)17-22-23-19(24(17)3)26-13(2)18(25)21-16-7-5-4-6-15(16)20/h4-11,13H,1-3H3,(H,21,25). The average molecular weight is 387 g/mol. The highest BCUT2D eigenvalue weighted by Gasteiger charge is 2.20. The number of thioether (sulfide) groups is 1. The van der Waals surface area contributed by atoms with Gasteiger partial charge in [0.2, 0.25) is 5.91 Å². The van der Waals surface area contributed by atoms with Gasteiger partial charge in [-0.2, -0.15) is 0 Å². The highest BCUT2D eigenvalue weighted by Crippen LogP contribution is 2.27. The zero-order chi connectivity index (χ0) is 18.7. The van der Waals surface area contributed by atoms with Crippen LogP contribution in [0.1, 0.15) is 12.5 Å². The number of halogens is 1. The molecule has 3 rings (SSSR count). The molecule has 0 spiro atoms. The lowest BCUT2D eigenvalue weighted by Gasteiger charge is -2.12. The summed E-state index contributed by atoms with van der Waals surface area (Å²) >= 11 is 7.45. The SMILES string of the molecule is Cc1ccc(-c2nnc(SC(C)C(=O)Nc3ccccc3Cl)n2C)cc1. The summed E-state index contributed by atoms with van der Waals surface area (Å²) in [4.78, 5) is 12.4. The first-order valence-electron chi connectivity index (χ1n) is 8.14. The highest BCUT2D eigenvalue weighted by atomic mass is 35.5. The second-order valence-electron chi connectivity index (χ2n) is 5.96. The van der Waals surface area contributed by atoms with Crippen molar-refractivity contribution in [3.63, 3.8) is 0 Å². The van der Waals surface area contributed by atoms with E-state index in [1.54, 1.807) is 12.1 Å². The van der Waals surface area contributed by atoms with E-state index in [4.69, 9.17) is 11.6 Å². The van der Waals surface area contributed by atoms with Gasteiger partial charge in [0.25, 0.3) is 0 Å². The molecule has 5 nitrogen and oxygen atoms in total. The van der Waals surface area contributed by atoms with E-state index in [1.807, 2.05) is 61.9 Å². The number of anilines is 1. The zero-order valence-corrected chi connectivity index (χ0v) is 16.3. The molecule has 1 atom stereocenters. The molecule has 0 radical (unpaired) electrons. The Labute approximate surface area is 161 Å². The molecule has 0 bridgehead atoms. The Hall–Kier alpha value is -2.31. The van der Waals surface area contributed by atoms with Crippen molar-refractivity contribution < 1.29 is 4.79 Å². The maximum Gasteiger partial charge on any atom is 0.237 e. The summed E-state index contributed by atoms with van der Waals surface area (Å²) < 4.78 is 1.90. The summed E-state index contributed by atoms with van der Waals surface area (Å²) in [5, 5.41) is 12.2. The van der Waals surface area contributed by atoms with Crippen LogP contribution >= 0.6 is 23.4 Å². The molecule has 134 valence electrons. The van der Waals surface area contributed by atoms with Gasteiger partial charge in [-0.15, -0.1) is 10.2 Å². The van der Waals surface area contributed by atoms with Crippen molar-refractivity contribution in [2.45, 2.75) is 24.3 Å². The number of aromatic nitrogens is 3. The molecule has 1 unspecified atom stereocenters. The Morgan fingerprint density at radius 1 is 1.15 bits per heavy atom. The third-order valence-corrected chi connectivity index (χ3v) is 5.39. The maximum absolute atomic E-state index is 12.4. The molecule has 2 aromatic carbocycles. The number of benzene rings is 2. The van der Waals surface area contributed by atoms with Crippen molar-refractivity contribution in [3.05, 3.63) is 59.1 Å². The van der Waals surface area contributed by atoms with Gasteiger partial charge >= 0.3 is 0 Å². The minimum atomic E-state index is -0.347. The number of para-hydroxylation sites is 1. The molecule has 0 aliphatic heterocycles. The molecule has 0 saturated carbocycles. The van der Waals surface area contributed by atoms with Crippen LogP contribution in [0.5, 0.6) is 0 Å². The van der Waals surface area contributed by atoms with Crippen molar-refractivity contribution in [1.82, 2.24) is 14.8 Å². The van der Waals surface area contributed by atoms with Crippen LogP contribution in [0.2, 0.25) is 5.02 Å². The second kappa shape index (κ2) is 7.93. The van der Waals surface area contributed by atoms with Crippen LogP contribution in [0.15, 0.2) is 53.7 Å². The van der Waals surface area contributed by atoms with Crippen molar-refractivity contribution in [2.24, 2.45) is 7.05 Å². The number of amides is 1. The molecular weight excluding hydrogens is 368 g/mol. The smallest absolute Gasteiger partial charge is 0.237 e. The first kappa shape index (κ1) is 18.5. The van der Waals surface area contributed by atoms with Gasteiger partial charge < -0.3 is 9.88 Å². The lowest BCUT2D eigenvalue weighted by molar-refractivity contribution is -0.115. The third-order valence-electron chi connectivity index (χ3n) is 3.93. The van der Waals surface area contributed by atoms with Gasteiger partial charge in [0.05, 0.1) is 16.0 Å². The number of hydrogen-bond donors (Lipinski definition) is 1. The van der Waals surface area contributed by atoms with Gasteiger partial charge in [0.15, 0.2) is 11.0 Å². The lowest BCUT2D eigenvalue weighted by atomic mass is 10.1. The molecule has 1 heterocycles. The van der Waals surface area contributed by atoms with E-state index in [9.17, 15) is 4.79 Å². The predicted molar refractivity (Wildman–Crippen MR) is 107 cm³/mol. The Kier molecular flexibility index (Phi) is 5.64. The number of nitrogens with zero attached hydrogens (tertiary/aromatic N) is 3. The minimum absolute atomic E-state index is 0.136. The van der Waals surface area contributed by atoms with Crippen LogP contribution in [-0.2, 0) is 11.8 Å².